The maximum atomic E-state index is 10.5. The van der Waals surface area contributed by atoms with E-state index in [-0.39, 0.29) is 5.69 Å². The first-order valence-corrected chi connectivity index (χ1v) is 6.85. The molecule has 0 spiro atoms. The predicted octanol–water partition coefficient (Wildman–Crippen LogP) is 1.99. The number of benzene rings is 1. The number of nitrogens with zero attached hydrogens (tertiary/aromatic N) is 1. The number of ether oxygens (including phenoxy) is 2. The van der Waals surface area contributed by atoms with Gasteiger partial charge in [-0.15, -0.1) is 0 Å². The summed E-state index contributed by atoms with van der Waals surface area (Å²) in [5.74, 6) is 1.23. The van der Waals surface area contributed by atoms with E-state index in [1.54, 1.807) is 12.1 Å². The third kappa shape index (κ3) is 4.18. The minimum absolute atomic E-state index is 0.0744. The zero-order valence-corrected chi connectivity index (χ0v) is 11.6. The third-order valence-electron chi connectivity index (χ3n) is 3.56. The monoisotopic (exact) mass is 280 g/mol. The SMILES string of the molecule is CC(NCCOc1ccc([N+](=O)[O-])cc1)C1CCOC1. The third-order valence-corrected chi connectivity index (χ3v) is 3.56. The van der Waals surface area contributed by atoms with Gasteiger partial charge in [-0.2, -0.15) is 0 Å². The zero-order chi connectivity index (χ0) is 14.4. The van der Waals surface area contributed by atoms with E-state index < -0.39 is 4.92 Å². The van der Waals surface area contributed by atoms with E-state index in [1.807, 2.05) is 0 Å². The van der Waals surface area contributed by atoms with Crippen LogP contribution >= 0.6 is 0 Å². The van der Waals surface area contributed by atoms with Crippen LogP contribution in [-0.2, 0) is 4.74 Å². The Morgan fingerprint density at radius 1 is 1.50 bits per heavy atom. The highest BCUT2D eigenvalue weighted by atomic mass is 16.6. The molecule has 20 heavy (non-hydrogen) atoms. The van der Waals surface area contributed by atoms with Crippen molar-refractivity contribution in [2.75, 3.05) is 26.4 Å². The number of nitrogens with one attached hydrogen (secondary N) is 1. The zero-order valence-electron chi connectivity index (χ0n) is 11.6. The minimum Gasteiger partial charge on any atom is -0.492 e. The lowest BCUT2D eigenvalue weighted by atomic mass is 10.0. The van der Waals surface area contributed by atoms with Gasteiger partial charge in [0.25, 0.3) is 5.69 Å². The number of rotatable bonds is 7. The summed E-state index contributed by atoms with van der Waals surface area (Å²) in [5, 5.41) is 13.9. The molecule has 6 heteroatoms. The van der Waals surface area contributed by atoms with Gasteiger partial charge in [0.15, 0.2) is 0 Å². The van der Waals surface area contributed by atoms with Crippen molar-refractivity contribution in [3.05, 3.63) is 34.4 Å². The second-order valence-corrected chi connectivity index (χ2v) is 4.97. The van der Waals surface area contributed by atoms with E-state index in [0.717, 1.165) is 26.2 Å². The Balaban J connectivity index is 1.66. The van der Waals surface area contributed by atoms with Gasteiger partial charge in [0.05, 0.1) is 11.5 Å². The molecule has 0 amide bonds. The average Bonchev–Trinajstić information content (AvgIpc) is 2.98. The topological polar surface area (TPSA) is 73.6 Å². The summed E-state index contributed by atoms with van der Waals surface area (Å²) in [6.07, 6.45) is 1.11. The van der Waals surface area contributed by atoms with Crippen LogP contribution < -0.4 is 10.1 Å². The Kier molecular flexibility index (Phi) is 5.31. The largest absolute Gasteiger partial charge is 0.492 e. The predicted molar refractivity (Wildman–Crippen MR) is 75.0 cm³/mol. The molecule has 2 atom stereocenters. The summed E-state index contributed by atoms with van der Waals surface area (Å²) in [4.78, 5) is 10.1. The van der Waals surface area contributed by atoms with E-state index in [9.17, 15) is 10.1 Å². The molecular formula is C14H20N2O4. The van der Waals surface area contributed by atoms with E-state index in [4.69, 9.17) is 9.47 Å². The smallest absolute Gasteiger partial charge is 0.269 e. The fourth-order valence-corrected chi connectivity index (χ4v) is 2.23. The summed E-state index contributed by atoms with van der Waals surface area (Å²) in [5.41, 5.74) is 0.0744. The number of nitro benzene ring substituents is 1. The van der Waals surface area contributed by atoms with Crippen molar-refractivity contribution in [2.24, 2.45) is 5.92 Å². The number of non-ortho nitro benzene ring substituents is 1. The first-order chi connectivity index (χ1) is 9.66. The normalized spacial score (nSPS) is 19.8. The van der Waals surface area contributed by atoms with E-state index in [2.05, 4.69) is 12.2 Å². The highest BCUT2D eigenvalue weighted by Gasteiger charge is 2.21. The summed E-state index contributed by atoms with van der Waals surface area (Å²) < 4.78 is 10.9. The van der Waals surface area contributed by atoms with Crippen LogP contribution in [0.4, 0.5) is 5.69 Å². The quantitative estimate of drug-likeness (QED) is 0.469. The Hall–Kier alpha value is -1.66. The molecule has 110 valence electrons. The summed E-state index contributed by atoms with van der Waals surface area (Å²) in [6.45, 7) is 5.13. The highest BCUT2D eigenvalue weighted by molar-refractivity contribution is 5.35. The van der Waals surface area contributed by atoms with Crippen LogP contribution in [0.1, 0.15) is 13.3 Å². The molecule has 1 heterocycles. The van der Waals surface area contributed by atoms with Gasteiger partial charge in [0.2, 0.25) is 0 Å². The molecule has 0 aliphatic carbocycles. The molecule has 6 nitrogen and oxygen atoms in total. The molecule has 1 aliphatic heterocycles. The molecule has 1 saturated heterocycles. The molecule has 0 bridgehead atoms. The van der Waals surface area contributed by atoms with Crippen LogP contribution in [0.3, 0.4) is 0 Å². The van der Waals surface area contributed by atoms with Crippen LogP contribution in [0, 0.1) is 16.0 Å². The van der Waals surface area contributed by atoms with Crippen LogP contribution in [0.2, 0.25) is 0 Å². The van der Waals surface area contributed by atoms with E-state index in [0.29, 0.717) is 24.3 Å². The van der Waals surface area contributed by atoms with Crippen molar-refractivity contribution in [1.82, 2.24) is 5.32 Å². The highest BCUT2D eigenvalue weighted by Crippen LogP contribution is 2.18. The molecule has 0 aromatic heterocycles. The maximum absolute atomic E-state index is 10.5. The van der Waals surface area contributed by atoms with Gasteiger partial charge in [0, 0.05) is 31.3 Å². The first kappa shape index (κ1) is 14.7. The standard InChI is InChI=1S/C14H20N2O4/c1-11(12-6-8-19-10-12)15-7-9-20-14-4-2-13(3-5-14)16(17)18/h2-5,11-12,15H,6-10H2,1H3. The molecule has 2 rings (SSSR count). The Bertz CT molecular complexity index is 429. The van der Waals surface area contributed by atoms with Crippen molar-refractivity contribution >= 4 is 5.69 Å². The summed E-state index contributed by atoms with van der Waals surface area (Å²) >= 11 is 0. The van der Waals surface area contributed by atoms with Crippen LogP contribution in [-0.4, -0.2) is 37.3 Å². The lowest BCUT2D eigenvalue weighted by Crippen LogP contribution is -2.36. The molecule has 1 fully saturated rings. The van der Waals surface area contributed by atoms with Gasteiger partial charge in [-0.05, 0) is 31.4 Å². The number of nitro groups is 1. The fourth-order valence-electron chi connectivity index (χ4n) is 2.23. The molecule has 1 aromatic rings. The van der Waals surface area contributed by atoms with Crippen molar-refractivity contribution in [2.45, 2.75) is 19.4 Å². The minimum atomic E-state index is -0.420. The van der Waals surface area contributed by atoms with Gasteiger partial charge in [0.1, 0.15) is 12.4 Å². The van der Waals surface area contributed by atoms with E-state index in [1.165, 1.54) is 12.1 Å². The number of hydrogen-bond donors (Lipinski definition) is 1. The van der Waals surface area contributed by atoms with Crippen molar-refractivity contribution in [1.29, 1.82) is 0 Å². The molecule has 1 N–H and O–H groups in total. The second kappa shape index (κ2) is 7.21. The van der Waals surface area contributed by atoms with Crippen LogP contribution in [0.5, 0.6) is 5.75 Å². The first-order valence-electron chi connectivity index (χ1n) is 6.85. The molecule has 2 unspecified atom stereocenters. The second-order valence-electron chi connectivity index (χ2n) is 4.97. The number of hydrogen-bond acceptors (Lipinski definition) is 5. The van der Waals surface area contributed by atoms with Crippen molar-refractivity contribution < 1.29 is 14.4 Å². The van der Waals surface area contributed by atoms with Gasteiger partial charge in [-0.1, -0.05) is 0 Å². The van der Waals surface area contributed by atoms with Crippen molar-refractivity contribution in [3.63, 3.8) is 0 Å². The Morgan fingerprint density at radius 2 is 2.25 bits per heavy atom. The molecule has 0 radical (unpaired) electrons. The lowest BCUT2D eigenvalue weighted by molar-refractivity contribution is -0.384. The van der Waals surface area contributed by atoms with Gasteiger partial charge >= 0.3 is 0 Å². The molecule has 1 aromatic carbocycles. The van der Waals surface area contributed by atoms with Crippen LogP contribution in [0.25, 0.3) is 0 Å². The molecule has 0 saturated carbocycles. The van der Waals surface area contributed by atoms with E-state index >= 15 is 0 Å². The molecular weight excluding hydrogens is 260 g/mol. The molecule has 1 aliphatic rings. The van der Waals surface area contributed by atoms with Gasteiger partial charge in [-0.25, -0.2) is 0 Å². The average molecular weight is 280 g/mol. The van der Waals surface area contributed by atoms with Gasteiger partial charge in [-0.3, -0.25) is 10.1 Å². The fraction of sp³-hybridized carbons (Fsp3) is 0.571. The lowest BCUT2D eigenvalue weighted by Gasteiger charge is -2.19. The summed E-state index contributed by atoms with van der Waals surface area (Å²) in [6, 6.07) is 6.54. The van der Waals surface area contributed by atoms with Crippen LogP contribution in [0.15, 0.2) is 24.3 Å². The Labute approximate surface area is 118 Å². The maximum Gasteiger partial charge on any atom is 0.269 e. The Morgan fingerprint density at radius 3 is 2.85 bits per heavy atom. The van der Waals surface area contributed by atoms with Crippen molar-refractivity contribution in [3.8, 4) is 5.75 Å². The van der Waals surface area contributed by atoms with Gasteiger partial charge < -0.3 is 14.8 Å². The summed E-state index contributed by atoms with van der Waals surface area (Å²) in [7, 11) is 0.